The molecule has 2 amide bonds. The lowest BCUT2D eigenvalue weighted by Gasteiger charge is -2.16. The molecule has 2 aromatic carbocycles. The van der Waals surface area contributed by atoms with Crippen molar-refractivity contribution in [1.82, 2.24) is 10.2 Å². The molecule has 1 unspecified atom stereocenters. The van der Waals surface area contributed by atoms with Crippen LogP contribution in [0.5, 0.6) is 0 Å². The van der Waals surface area contributed by atoms with Crippen molar-refractivity contribution in [1.29, 1.82) is 0 Å². The Labute approximate surface area is 197 Å². The van der Waals surface area contributed by atoms with Gasteiger partial charge in [0.05, 0.1) is 17.6 Å². The van der Waals surface area contributed by atoms with Crippen molar-refractivity contribution in [2.75, 3.05) is 23.9 Å². The summed E-state index contributed by atoms with van der Waals surface area (Å²) in [5.74, 6) is -1.70. The number of aryl methyl sites for hydroxylation is 1. The Morgan fingerprint density at radius 1 is 1.21 bits per heavy atom. The fourth-order valence-electron chi connectivity index (χ4n) is 3.62. The number of amides is 2. The Hall–Kier alpha value is -4.19. The summed E-state index contributed by atoms with van der Waals surface area (Å²) in [4.78, 5) is 49.3. The molecule has 0 spiro atoms. The third kappa shape index (κ3) is 4.76. The standard InChI is InChI=1S/C22H19N5O6S/c1-12-4-3-5-16(6-12)26-11-15(10-18(26)28)20-24-25-22(34-20)23-19(29)13-7-14(21(30)33-2)9-17(8-13)27(31)32/h3-9,15H,10-11H2,1-2H3,(H,23,25,29). The lowest BCUT2D eigenvalue weighted by molar-refractivity contribution is -0.384. The van der Waals surface area contributed by atoms with Crippen LogP contribution in [0.25, 0.3) is 0 Å². The number of esters is 1. The molecule has 1 aliphatic rings. The zero-order chi connectivity index (χ0) is 24.4. The second-order valence-electron chi connectivity index (χ2n) is 7.66. The molecule has 0 saturated carbocycles. The van der Waals surface area contributed by atoms with Crippen LogP contribution >= 0.6 is 11.3 Å². The molecule has 12 heteroatoms. The number of carbonyl (C=O) groups is 3. The molecule has 11 nitrogen and oxygen atoms in total. The van der Waals surface area contributed by atoms with Gasteiger partial charge < -0.3 is 9.64 Å². The number of non-ortho nitro benzene ring substituents is 1. The van der Waals surface area contributed by atoms with Gasteiger partial charge in [0.2, 0.25) is 11.0 Å². The summed E-state index contributed by atoms with van der Waals surface area (Å²) >= 11 is 1.12. The van der Waals surface area contributed by atoms with Crippen molar-refractivity contribution in [2.45, 2.75) is 19.3 Å². The van der Waals surface area contributed by atoms with Gasteiger partial charge in [0.1, 0.15) is 5.01 Å². The van der Waals surface area contributed by atoms with Gasteiger partial charge in [-0.1, -0.05) is 23.5 Å². The van der Waals surface area contributed by atoms with Crippen LogP contribution in [0.1, 0.15) is 43.6 Å². The van der Waals surface area contributed by atoms with E-state index in [1.165, 1.54) is 6.07 Å². The van der Waals surface area contributed by atoms with Gasteiger partial charge >= 0.3 is 5.97 Å². The molecule has 4 rings (SSSR count). The predicted molar refractivity (Wildman–Crippen MR) is 123 cm³/mol. The number of carbonyl (C=O) groups excluding carboxylic acids is 3. The molecular weight excluding hydrogens is 462 g/mol. The zero-order valence-corrected chi connectivity index (χ0v) is 19.0. The van der Waals surface area contributed by atoms with Crippen LogP contribution < -0.4 is 10.2 Å². The number of nitrogens with zero attached hydrogens (tertiary/aromatic N) is 4. The molecule has 174 valence electrons. The molecule has 1 fully saturated rings. The van der Waals surface area contributed by atoms with E-state index in [1.807, 2.05) is 31.2 Å². The number of nitro benzene ring substituents is 1. The molecule has 1 aromatic heterocycles. The van der Waals surface area contributed by atoms with Crippen molar-refractivity contribution in [3.63, 3.8) is 0 Å². The third-order valence-corrected chi connectivity index (χ3v) is 6.26. The number of nitro groups is 1. The van der Waals surface area contributed by atoms with Crippen LogP contribution in [0.2, 0.25) is 0 Å². The number of rotatable bonds is 6. The third-order valence-electron chi connectivity index (χ3n) is 5.26. The first kappa shape index (κ1) is 23.0. The highest BCUT2D eigenvalue weighted by Crippen LogP contribution is 2.34. The maximum atomic E-state index is 12.7. The van der Waals surface area contributed by atoms with E-state index in [-0.39, 0.29) is 34.5 Å². The number of aromatic nitrogens is 2. The highest BCUT2D eigenvalue weighted by Gasteiger charge is 2.34. The van der Waals surface area contributed by atoms with Crippen LogP contribution in [-0.4, -0.2) is 46.6 Å². The molecule has 1 N–H and O–H groups in total. The lowest BCUT2D eigenvalue weighted by atomic mass is 10.1. The monoisotopic (exact) mass is 481 g/mol. The molecule has 3 aromatic rings. The topological polar surface area (TPSA) is 145 Å². The van der Waals surface area contributed by atoms with E-state index in [0.29, 0.717) is 11.6 Å². The summed E-state index contributed by atoms with van der Waals surface area (Å²) in [5, 5.41) is 22.6. The summed E-state index contributed by atoms with van der Waals surface area (Å²) < 4.78 is 4.60. The first-order valence-corrected chi connectivity index (χ1v) is 11.0. The van der Waals surface area contributed by atoms with Crippen LogP contribution in [0, 0.1) is 17.0 Å². The maximum absolute atomic E-state index is 12.7. The molecular formula is C22H19N5O6S. The van der Waals surface area contributed by atoms with Gasteiger partial charge in [0.15, 0.2) is 0 Å². The molecule has 0 aliphatic carbocycles. The van der Waals surface area contributed by atoms with E-state index < -0.39 is 22.5 Å². The molecule has 34 heavy (non-hydrogen) atoms. The fraction of sp³-hybridized carbons (Fsp3) is 0.227. The summed E-state index contributed by atoms with van der Waals surface area (Å²) in [6, 6.07) is 10.9. The Bertz CT molecular complexity index is 1310. The number of methoxy groups -OCH3 is 1. The van der Waals surface area contributed by atoms with Crippen molar-refractivity contribution >= 4 is 45.6 Å². The Balaban J connectivity index is 1.50. The highest BCUT2D eigenvalue weighted by atomic mass is 32.1. The first-order valence-electron chi connectivity index (χ1n) is 10.1. The lowest BCUT2D eigenvalue weighted by Crippen LogP contribution is -2.24. The van der Waals surface area contributed by atoms with Crippen LogP contribution in [0.15, 0.2) is 42.5 Å². The van der Waals surface area contributed by atoms with E-state index in [2.05, 4.69) is 20.3 Å². The molecule has 0 radical (unpaired) electrons. The maximum Gasteiger partial charge on any atom is 0.338 e. The molecule has 2 heterocycles. The molecule has 1 atom stereocenters. The SMILES string of the molecule is COC(=O)c1cc(C(=O)Nc2nnc(C3CC(=O)N(c4cccc(C)c4)C3)s2)cc([N+](=O)[O-])c1. The van der Waals surface area contributed by atoms with Crippen LogP contribution in [-0.2, 0) is 9.53 Å². The minimum Gasteiger partial charge on any atom is -0.465 e. The van der Waals surface area contributed by atoms with Crippen LogP contribution in [0.4, 0.5) is 16.5 Å². The number of ether oxygens (including phenoxy) is 1. The Morgan fingerprint density at radius 2 is 1.97 bits per heavy atom. The quantitative estimate of drug-likeness (QED) is 0.321. The van der Waals surface area contributed by atoms with Crippen molar-refractivity contribution in [2.24, 2.45) is 0 Å². The summed E-state index contributed by atoms with van der Waals surface area (Å²) in [6.45, 7) is 2.40. The van der Waals surface area contributed by atoms with E-state index in [1.54, 1.807) is 4.90 Å². The molecule has 0 bridgehead atoms. The molecule has 1 aliphatic heterocycles. The Morgan fingerprint density at radius 3 is 2.68 bits per heavy atom. The minimum absolute atomic E-state index is 0.0247. The van der Waals surface area contributed by atoms with Gasteiger partial charge in [0.25, 0.3) is 11.6 Å². The van der Waals surface area contributed by atoms with Gasteiger partial charge in [-0.25, -0.2) is 4.79 Å². The van der Waals surface area contributed by atoms with Gasteiger partial charge in [-0.3, -0.25) is 25.0 Å². The zero-order valence-electron chi connectivity index (χ0n) is 18.2. The number of anilines is 2. The Kier molecular flexibility index (Phi) is 6.32. The number of benzene rings is 2. The summed E-state index contributed by atoms with van der Waals surface area (Å²) in [5.41, 5.74) is 1.21. The van der Waals surface area contributed by atoms with Crippen molar-refractivity contribution in [3.05, 3.63) is 74.3 Å². The highest BCUT2D eigenvalue weighted by molar-refractivity contribution is 7.15. The normalized spacial score (nSPS) is 15.3. The van der Waals surface area contributed by atoms with Gasteiger partial charge in [-0.05, 0) is 30.7 Å². The minimum atomic E-state index is -0.806. The van der Waals surface area contributed by atoms with E-state index >= 15 is 0 Å². The number of hydrogen-bond acceptors (Lipinski definition) is 9. The first-order chi connectivity index (χ1) is 16.2. The van der Waals surface area contributed by atoms with Crippen molar-refractivity contribution < 1.29 is 24.0 Å². The van der Waals surface area contributed by atoms with E-state index in [4.69, 9.17) is 0 Å². The number of nitrogens with one attached hydrogen (secondary N) is 1. The van der Waals surface area contributed by atoms with Gasteiger partial charge in [-0.15, -0.1) is 10.2 Å². The second-order valence-corrected chi connectivity index (χ2v) is 8.67. The summed E-state index contributed by atoms with van der Waals surface area (Å²) in [6.07, 6.45) is 0.268. The molecule has 1 saturated heterocycles. The van der Waals surface area contributed by atoms with E-state index in [9.17, 15) is 24.5 Å². The summed E-state index contributed by atoms with van der Waals surface area (Å²) in [7, 11) is 1.14. The van der Waals surface area contributed by atoms with Gasteiger partial charge in [0, 0.05) is 42.3 Å². The predicted octanol–water partition coefficient (Wildman–Crippen LogP) is 3.31. The van der Waals surface area contributed by atoms with Gasteiger partial charge in [-0.2, -0.15) is 0 Å². The smallest absolute Gasteiger partial charge is 0.338 e. The average Bonchev–Trinajstić information content (AvgIpc) is 3.44. The largest absolute Gasteiger partial charge is 0.465 e. The van der Waals surface area contributed by atoms with Crippen molar-refractivity contribution in [3.8, 4) is 0 Å². The van der Waals surface area contributed by atoms with E-state index in [0.717, 1.165) is 41.8 Å². The fourth-order valence-corrected chi connectivity index (χ4v) is 4.45. The second kappa shape index (κ2) is 9.35. The number of hydrogen-bond donors (Lipinski definition) is 1. The van der Waals surface area contributed by atoms with Crippen LogP contribution in [0.3, 0.4) is 0 Å². The average molecular weight is 481 g/mol.